The number of fused-ring (bicyclic) bond motifs is 1. The Bertz CT molecular complexity index is 435. The van der Waals surface area contributed by atoms with Crippen molar-refractivity contribution in [3.05, 3.63) is 5.01 Å². The van der Waals surface area contributed by atoms with Gasteiger partial charge in [0.05, 0.1) is 6.54 Å². The summed E-state index contributed by atoms with van der Waals surface area (Å²) in [6, 6.07) is 1.39. The monoisotopic (exact) mass is 295 g/mol. The molecule has 0 radical (unpaired) electrons. The van der Waals surface area contributed by atoms with E-state index in [4.69, 9.17) is 0 Å². The van der Waals surface area contributed by atoms with Crippen molar-refractivity contribution in [1.82, 2.24) is 20.0 Å². The second-order valence-electron chi connectivity index (χ2n) is 5.95. The largest absolute Gasteiger partial charge is 0.360 e. The molecule has 2 saturated heterocycles. The summed E-state index contributed by atoms with van der Waals surface area (Å²) in [6.45, 7) is 10.00. The third kappa shape index (κ3) is 3.13. The molecule has 0 bridgehead atoms. The Morgan fingerprint density at radius 2 is 2.20 bits per heavy atom. The molecule has 2 aliphatic rings. The fourth-order valence-corrected chi connectivity index (χ4v) is 4.18. The van der Waals surface area contributed by atoms with Crippen LogP contribution in [-0.2, 0) is 6.54 Å². The molecule has 2 unspecified atom stereocenters. The van der Waals surface area contributed by atoms with Gasteiger partial charge in [-0.25, -0.2) is 0 Å². The van der Waals surface area contributed by atoms with Crippen LogP contribution in [0.3, 0.4) is 0 Å². The zero-order valence-electron chi connectivity index (χ0n) is 12.5. The third-order valence-electron chi connectivity index (χ3n) is 4.45. The van der Waals surface area contributed by atoms with Crippen LogP contribution < -0.4 is 5.32 Å². The van der Waals surface area contributed by atoms with Gasteiger partial charge in [-0.05, 0) is 33.2 Å². The maximum atomic E-state index is 4.32. The van der Waals surface area contributed by atoms with Gasteiger partial charge in [-0.2, -0.15) is 0 Å². The molecule has 3 heterocycles. The van der Waals surface area contributed by atoms with Gasteiger partial charge in [-0.1, -0.05) is 17.8 Å². The number of aromatic nitrogens is 2. The Kier molecular flexibility index (Phi) is 4.53. The number of anilines is 1. The van der Waals surface area contributed by atoms with Gasteiger partial charge < -0.3 is 5.32 Å². The summed E-state index contributed by atoms with van der Waals surface area (Å²) in [7, 11) is 0. The molecular weight excluding hydrogens is 270 g/mol. The highest BCUT2D eigenvalue weighted by atomic mass is 32.1. The summed E-state index contributed by atoms with van der Waals surface area (Å²) in [5.41, 5.74) is 0. The lowest BCUT2D eigenvalue weighted by atomic mass is 9.97. The van der Waals surface area contributed by atoms with Crippen molar-refractivity contribution in [3.8, 4) is 0 Å². The summed E-state index contributed by atoms with van der Waals surface area (Å²) in [5.74, 6) is 0. The number of hydrogen-bond donors (Lipinski definition) is 1. The molecule has 1 aromatic heterocycles. The second-order valence-corrected chi connectivity index (χ2v) is 7.02. The number of rotatable bonds is 4. The molecule has 5 nitrogen and oxygen atoms in total. The van der Waals surface area contributed by atoms with Crippen LogP contribution in [0, 0.1) is 0 Å². The minimum Gasteiger partial charge on any atom is -0.360 e. The first-order valence-electron chi connectivity index (χ1n) is 7.80. The molecule has 0 spiro atoms. The molecule has 3 rings (SSSR count). The van der Waals surface area contributed by atoms with Crippen LogP contribution in [0.1, 0.15) is 38.1 Å². The van der Waals surface area contributed by atoms with Crippen LogP contribution in [0.5, 0.6) is 0 Å². The molecule has 112 valence electrons. The van der Waals surface area contributed by atoms with Crippen LogP contribution in [0.15, 0.2) is 0 Å². The van der Waals surface area contributed by atoms with Crippen LogP contribution in [0.2, 0.25) is 0 Å². The number of piperazine rings is 1. The Morgan fingerprint density at radius 1 is 1.30 bits per heavy atom. The molecule has 2 fully saturated rings. The first-order valence-corrected chi connectivity index (χ1v) is 8.62. The number of nitrogens with zero attached hydrogens (tertiary/aromatic N) is 4. The molecular formula is C14H25N5S. The third-order valence-corrected chi connectivity index (χ3v) is 5.32. The van der Waals surface area contributed by atoms with Gasteiger partial charge in [-0.15, -0.1) is 10.2 Å². The number of piperidine rings is 1. The van der Waals surface area contributed by atoms with Gasteiger partial charge in [0.25, 0.3) is 0 Å². The van der Waals surface area contributed by atoms with E-state index in [9.17, 15) is 0 Å². The minimum atomic E-state index is 0.621. The van der Waals surface area contributed by atoms with Gasteiger partial charge in [0.15, 0.2) is 0 Å². The average Bonchev–Trinajstić information content (AvgIpc) is 2.87. The molecule has 20 heavy (non-hydrogen) atoms. The second kappa shape index (κ2) is 6.37. The van der Waals surface area contributed by atoms with Crippen molar-refractivity contribution in [2.45, 2.75) is 51.7 Å². The van der Waals surface area contributed by atoms with E-state index in [1.54, 1.807) is 11.3 Å². The van der Waals surface area contributed by atoms with Crippen molar-refractivity contribution in [2.75, 3.05) is 31.5 Å². The van der Waals surface area contributed by atoms with Crippen molar-refractivity contribution in [1.29, 1.82) is 0 Å². The first kappa shape index (κ1) is 14.2. The highest BCUT2D eigenvalue weighted by Crippen LogP contribution is 2.26. The standard InChI is InChI=1S/C14H25N5S/c1-3-15-14-17-16-13(20-14)10-19-9-12-6-4-5-7-18(12)8-11(19)2/h11-12H,3-10H2,1-2H3,(H,15,17). The smallest absolute Gasteiger partial charge is 0.205 e. The molecule has 2 aliphatic heterocycles. The van der Waals surface area contributed by atoms with E-state index in [-0.39, 0.29) is 0 Å². The summed E-state index contributed by atoms with van der Waals surface area (Å²) >= 11 is 1.69. The fraction of sp³-hybridized carbons (Fsp3) is 0.857. The number of nitrogens with one attached hydrogen (secondary N) is 1. The number of hydrogen-bond acceptors (Lipinski definition) is 6. The molecule has 0 aliphatic carbocycles. The van der Waals surface area contributed by atoms with E-state index in [0.29, 0.717) is 6.04 Å². The zero-order valence-corrected chi connectivity index (χ0v) is 13.3. The Labute approximate surface area is 125 Å². The van der Waals surface area contributed by atoms with Crippen LogP contribution >= 0.6 is 11.3 Å². The van der Waals surface area contributed by atoms with Crippen molar-refractivity contribution in [2.24, 2.45) is 0 Å². The first-order chi connectivity index (χ1) is 9.76. The van der Waals surface area contributed by atoms with E-state index in [2.05, 4.69) is 39.2 Å². The quantitative estimate of drug-likeness (QED) is 0.921. The topological polar surface area (TPSA) is 44.3 Å². The average molecular weight is 295 g/mol. The zero-order chi connectivity index (χ0) is 13.9. The Balaban J connectivity index is 1.61. The summed E-state index contributed by atoms with van der Waals surface area (Å²) in [4.78, 5) is 5.28. The molecule has 2 atom stereocenters. The van der Waals surface area contributed by atoms with E-state index in [1.807, 2.05) is 0 Å². The van der Waals surface area contributed by atoms with Crippen LogP contribution in [0.4, 0.5) is 5.13 Å². The highest BCUT2D eigenvalue weighted by molar-refractivity contribution is 7.15. The van der Waals surface area contributed by atoms with Gasteiger partial charge in [-0.3, -0.25) is 9.80 Å². The SMILES string of the molecule is CCNc1nnc(CN2CC3CCCCN3CC2C)s1. The molecule has 1 aromatic rings. The molecule has 1 N–H and O–H groups in total. The van der Waals surface area contributed by atoms with Crippen LogP contribution in [-0.4, -0.2) is 58.3 Å². The highest BCUT2D eigenvalue weighted by Gasteiger charge is 2.33. The maximum absolute atomic E-state index is 4.32. The van der Waals surface area contributed by atoms with Crippen molar-refractivity contribution >= 4 is 16.5 Å². The van der Waals surface area contributed by atoms with E-state index in [0.717, 1.165) is 29.3 Å². The van der Waals surface area contributed by atoms with Gasteiger partial charge in [0, 0.05) is 31.7 Å². The summed E-state index contributed by atoms with van der Waals surface area (Å²) in [6.07, 6.45) is 4.14. The Hall–Kier alpha value is -0.720. The molecule has 0 saturated carbocycles. The Morgan fingerprint density at radius 3 is 3.05 bits per heavy atom. The lowest BCUT2D eigenvalue weighted by molar-refractivity contribution is 0.0110. The van der Waals surface area contributed by atoms with Crippen molar-refractivity contribution in [3.63, 3.8) is 0 Å². The molecule has 0 aromatic carbocycles. The summed E-state index contributed by atoms with van der Waals surface area (Å²) in [5, 5.41) is 13.8. The van der Waals surface area contributed by atoms with Gasteiger partial charge in [0.2, 0.25) is 5.13 Å². The van der Waals surface area contributed by atoms with E-state index < -0.39 is 0 Å². The molecule has 0 amide bonds. The fourth-order valence-electron chi connectivity index (χ4n) is 3.35. The normalized spacial score (nSPS) is 28.3. The lowest BCUT2D eigenvalue weighted by Gasteiger charge is -2.47. The molecule has 6 heteroatoms. The van der Waals surface area contributed by atoms with Crippen molar-refractivity contribution < 1.29 is 0 Å². The van der Waals surface area contributed by atoms with Crippen LogP contribution in [0.25, 0.3) is 0 Å². The summed E-state index contributed by atoms with van der Waals surface area (Å²) < 4.78 is 0. The maximum Gasteiger partial charge on any atom is 0.205 e. The van der Waals surface area contributed by atoms with E-state index >= 15 is 0 Å². The van der Waals surface area contributed by atoms with Gasteiger partial charge in [0.1, 0.15) is 5.01 Å². The van der Waals surface area contributed by atoms with Gasteiger partial charge >= 0.3 is 0 Å². The minimum absolute atomic E-state index is 0.621. The predicted octanol–water partition coefficient (Wildman–Crippen LogP) is 2.03. The predicted molar refractivity (Wildman–Crippen MR) is 83.2 cm³/mol. The van der Waals surface area contributed by atoms with E-state index in [1.165, 1.54) is 38.9 Å². The lowest BCUT2D eigenvalue weighted by Crippen LogP contribution is -2.58.